The Kier molecular flexibility index (Phi) is 7.41. The first-order chi connectivity index (χ1) is 13.5. The number of aliphatic hydroxyl groups excluding tert-OH is 1. The average Bonchev–Trinajstić information content (AvgIpc) is 2.97. The Morgan fingerprint density at radius 3 is 2.39 bits per heavy atom. The molecule has 0 atom stereocenters. The minimum absolute atomic E-state index is 0.144. The van der Waals surface area contributed by atoms with E-state index in [1.165, 1.54) is 0 Å². The zero-order valence-corrected chi connectivity index (χ0v) is 18.2. The quantitative estimate of drug-likeness (QED) is 0.483. The molecule has 3 rings (SSSR count). The van der Waals surface area contributed by atoms with Gasteiger partial charge in [-0.15, -0.1) is 0 Å². The van der Waals surface area contributed by atoms with Gasteiger partial charge in [-0.25, -0.2) is 4.98 Å². The number of aliphatic hydroxyl groups is 1. The summed E-state index contributed by atoms with van der Waals surface area (Å²) in [6.45, 7) is 5.12. The van der Waals surface area contributed by atoms with Crippen LogP contribution in [-0.4, -0.2) is 26.2 Å². The van der Waals surface area contributed by atoms with E-state index >= 15 is 0 Å². The van der Waals surface area contributed by atoms with E-state index in [-0.39, 0.29) is 12.5 Å². The van der Waals surface area contributed by atoms with Gasteiger partial charge in [0.15, 0.2) is 0 Å². The monoisotopic (exact) mass is 435 g/mol. The summed E-state index contributed by atoms with van der Waals surface area (Å²) < 4.78 is 2.24. The first-order valence-corrected chi connectivity index (χ1v) is 10.8. The van der Waals surface area contributed by atoms with Crippen molar-refractivity contribution in [1.82, 2.24) is 14.5 Å². The molecule has 7 heteroatoms. The number of halogens is 2. The Balaban J connectivity index is 2.06. The molecule has 28 heavy (non-hydrogen) atoms. The number of pyridine rings is 1. The molecule has 0 aliphatic heterocycles. The van der Waals surface area contributed by atoms with Crippen molar-refractivity contribution in [2.24, 2.45) is 0 Å². The number of aryl methyl sites for hydroxylation is 1. The lowest BCUT2D eigenvalue weighted by molar-refractivity contribution is 0.287. The summed E-state index contributed by atoms with van der Waals surface area (Å²) in [4.78, 5) is 10.0. The van der Waals surface area contributed by atoms with Gasteiger partial charge >= 0.3 is 0 Å². The van der Waals surface area contributed by atoms with Crippen LogP contribution in [0.1, 0.15) is 43.3 Å². The largest absolute Gasteiger partial charge is 0.396 e. The molecular formula is C21H23Cl2N3OS. The van der Waals surface area contributed by atoms with Gasteiger partial charge in [-0.1, -0.05) is 48.8 Å². The van der Waals surface area contributed by atoms with E-state index in [4.69, 9.17) is 28.2 Å². The Bertz CT molecular complexity index is 909. The van der Waals surface area contributed by atoms with E-state index in [1.54, 1.807) is 30.2 Å². The lowest BCUT2D eigenvalue weighted by atomic mass is 10.1. The number of hydrogen-bond acceptors (Lipinski definition) is 4. The van der Waals surface area contributed by atoms with Crippen molar-refractivity contribution in [3.05, 3.63) is 69.9 Å². The van der Waals surface area contributed by atoms with Gasteiger partial charge in [0.25, 0.3) is 0 Å². The summed E-state index contributed by atoms with van der Waals surface area (Å²) in [5.41, 5.74) is 2.20. The molecule has 2 heterocycles. The van der Waals surface area contributed by atoms with E-state index in [2.05, 4.69) is 23.4 Å². The Hall–Kier alpha value is -1.53. The topological polar surface area (TPSA) is 50.9 Å². The van der Waals surface area contributed by atoms with Gasteiger partial charge in [-0.3, -0.25) is 4.98 Å². The smallest absolute Gasteiger partial charge is 0.110 e. The fourth-order valence-corrected chi connectivity index (χ4v) is 4.86. The molecule has 148 valence electrons. The van der Waals surface area contributed by atoms with Crippen molar-refractivity contribution < 1.29 is 5.11 Å². The van der Waals surface area contributed by atoms with Crippen LogP contribution in [0.5, 0.6) is 0 Å². The highest BCUT2D eigenvalue weighted by Crippen LogP contribution is 2.37. The number of hydrogen-bond donors (Lipinski definition) is 1. The summed E-state index contributed by atoms with van der Waals surface area (Å²) in [6, 6.07) is 9.58. The number of rotatable bonds is 8. The summed E-state index contributed by atoms with van der Waals surface area (Å²) in [7, 11) is 0. The fourth-order valence-electron chi connectivity index (χ4n) is 2.95. The first kappa shape index (κ1) is 21.2. The van der Waals surface area contributed by atoms with Crippen LogP contribution in [0.3, 0.4) is 0 Å². The van der Waals surface area contributed by atoms with Gasteiger partial charge in [0, 0.05) is 46.9 Å². The van der Waals surface area contributed by atoms with Crippen LogP contribution in [0.2, 0.25) is 10.0 Å². The molecule has 0 fully saturated rings. The number of imidazole rings is 1. The minimum atomic E-state index is 0.144. The SMILES string of the molecule is CC(C)c1nc(CCCO)n(Cc2ccncc2)c1Sc1cc(Cl)cc(Cl)c1. The van der Waals surface area contributed by atoms with Crippen LogP contribution >= 0.6 is 35.0 Å². The number of nitrogens with zero attached hydrogens (tertiary/aromatic N) is 3. The molecule has 4 nitrogen and oxygen atoms in total. The third-order valence-corrected chi connectivity index (χ3v) is 5.80. The third-order valence-electron chi connectivity index (χ3n) is 4.27. The van der Waals surface area contributed by atoms with Crippen LogP contribution in [0.4, 0.5) is 0 Å². The summed E-state index contributed by atoms with van der Waals surface area (Å²) >= 11 is 14.0. The van der Waals surface area contributed by atoms with Gasteiger partial charge in [0.2, 0.25) is 0 Å². The lowest BCUT2D eigenvalue weighted by Gasteiger charge is -2.14. The zero-order valence-electron chi connectivity index (χ0n) is 15.9. The van der Waals surface area contributed by atoms with Gasteiger partial charge in [-0.05, 0) is 48.2 Å². The molecular weight excluding hydrogens is 413 g/mol. The van der Waals surface area contributed by atoms with E-state index in [1.807, 2.05) is 24.3 Å². The molecule has 2 aromatic heterocycles. The molecule has 1 aromatic carbocycles. The van der Waals surface area contributed by atoms with E-state index in [0.29, 0.717) is 23.0 Å². The predicted octanol–water partition coefficient (Wildman–Crippen LogP) is 5.83. The second kappa shape index (κ2) is 9.79. The first-order valence-electron chi connectivity index (χ1n) is 9.21. The molecule has 3 aromatic rings. The van der Waals surface area contributed by atoms with Crippen LogP contribution < -0.4 is 0 Å². The van der Waals surface area contributed by atoms with Gasteiger partial charge < -0.3 is 9.67 Å². The predicted molar refractivity (Wildman–Crippen MR) is 116 cm³/mol. The minimum Gasteiger partial charge on any atom is -0.396 e. The molecule has 0 saturated carbocycles. The van der Waals surface area contributed by atoms with Crippen LogP contribution in [0.15, 0.2) is 52.6 Å². The Morgan fingerprint density at radius 2 is 1.79 bits per heavy atom. The highest BCUT2D eigenvalue weighted by molar-refractivity contribution is 7.99. The maximum Gasteiger partial charge on any atom is 0.110 e. The maximum atomic E-state index is 9.31. The third kappa shape index (κ3) is 5.29. The van der Waals surface area contributed by atoms with Crippen LogP contribution in [0, 0.1) is 0 Å². The highest BCUT2D eigenvalue weighted by Gasteiger charge is 2.21. The van der Waals surface area contributed by atoms with E-state index < -0.39 is 0 Å². The number of benzene rings is 1. The molecule has 0 aliphatic carbocycles. The summed E-state index contributed by atoms with van der Waals surface area (Å²) in [5, 5.41) is 11.6. The second-order valence-electron chi connectivity index (χ2n) is 6.85. The molecule has 0 bridgehead atoms. The average molecular weight is 436 g/mol. The number of aromatic nitrogens is 3. The van der Waals surface area contributed by atoms with Crippen LogP contribution in [0.25, 0.3) is 0 Å². The van der Waals surface area contributed by atoms with Crippen molar-refractivity contribution in [3.63, 3.8) is 0 Å². The Labute approximate surface area is 179 Å². The molecule has 0 amide bonds. The van der Waals surface area contributed by atoms with Gasteiger partial charge in [0.1, 0.15) is 10.9 Å². The van der Waals surface area contributed by atoms with Gasteiger partial charge in [0.05, 0.1) is 5.69 Å². The lowest BCUT2D eigenvalue weighted by Crippen LogP contribution is -2.07. The van der Waals surface area contributed by atoms with Crippen LogP contribution in [-0.2, 0) is 13.0 Å². The van der Waals surface area contributed by atoms with E-state index in [9.17, 15) is 5.11 Å². The molecule has 0 radical (unpaired) electrons. The zero-order chi connectivity index (χ0) is 20.1. The Morgan fingerprint density at radius 1 is 1.11 bits per heavy atom. The highest BCUT2D eigenvalue weighted by atomic mass is 35.5. The summed E-state index contributed by atoms with van der Waals surface area (Å²) in [6.07, 6.45) is 5.00. The van der Waals surface area contributed by atoms with E-state index in [0.717, 1.165) is 33.4 Å². The normalized spacial score (nSPS) is 11.4. The fraction of sp³-hybridized carbons (Fsp3) is 0.333. The van der Waals surface area contributed by atoms with Crippen molar-refractivity contribution in [2.75, 3.05) is 6.61 Å². The maximum absolute atomic E-state index is 9.31. The summed E-state index contributed by atoms with van der Waals surface area (Å²) in [5.74, 6) is 1.24. The second-order valence-corrected chi connectivity index (χ2v) is 8.78. The van der Waals surface area contributed by atoms with Gasteiger partial charge in [-0.2, -0.15) is 0 Å². The molecule has 0 saturated heterocycles. The molecule has 0 spiro atoms. The van der Waals surface area contributed by atoms with Crippen molar-refractivity contribution in [2.45, 2.75) is 49.1 Å². The van der Waals surface area contributed by atoms with Crippen molar-refractivity contribution in [1.29, 1.82) is 0 Å². The standard InChI is InChI=1S/C21H23Cl2N3OS/c1-14(2)20-21(28-18-11-16(22)10-17(23)12-18)26(19(25-20)4-3-9-27)13-15-5-7-24-8-6-15/h5-8,10-12,14,27H,3-4,9,13H2,1-2H3. The molecule has 1 N–H and O–H groups in total. The molecule has 0 aliphatic rings. The van der Waals surface area contributed by atoms with Crippen molar-refractivity contribution in [3.8, 4) is 0 Å². The molecule has 0 unspecified atom stereocenters. The van der Waals surface area contributed by atoms with Crippen molar-refractivity contribution >= 4 is 35.0 Å².